The van der Waals surface area contributed by atoms with E-state index in [-0.39, 0.29) is 41.7 Å². The Labute approximate surface area is 142 Å². The fourth-order valence-electron chi connectivity index (χ4n) is 3.96. The fraction of sp³-hybridized carbons (Fsp3) is 0.632. The molecule has 3 rings (SSSR count). The molecule has 0 aromatic carbocycles. The fourth-order valence-corrected chi connectivity index (χ4v) is 3.96. The zero-order chi connectivity index (χ0) is 17.6. The summed E-state index contributed by atoms with van der Waals surface area (Å²) in [7, 11) is 0. The van der Waals surface area contributed by atoms with Crippen LogP contribution in [0.1, 0.15) is 51.7 Å². The third kappa shape index (κ3) is 2.70. The Hall–Kier alpha value is -1.91. The summed E-state index contributed by atoms with van der Waals surface area (Å²) in [6, 6.07) is 0. The SMILES string of the molecule is CC(C)=CC1C(C(=O)OCn2c(O)c3c(c2O)CCCC3)C1(C)C. The first kappa shape index (κ1) is 16.9. The molecule has 2 aliphatic carbocycles. The summed E-state index contributed by atoms with van der Waals surface area (Å²) in [6.07, 6.45) is 5.64. The monoisotopic (exact) mass is 333 g/mol. The van der Waals surface area contributed by atoms with Crippen LogP contribution in [0.25, 0.3) is 0 Å². The van der Waals surface area contributed by atoms with Gasteiger partial charge in [0.1, 0.15) is 0 Å². The predicted molar refractivity (Wildman–Crippen MR) is 90.7 cm³/mol. The highest BCUT2D eigenvalue weighted by molar-refractivity contribution is 5.78. The molecule has 2 atom stereocenters. The normalized spacial score (nSPS) is 24.2. The predicted octanol–water partition coefficient (Wildman–Crippen LogP) is 3.52. The van der Waals surface area contributed by atoms with E-state index in [0.29, 0.717) is 0 Å². The van der Waals surface area contributed by atoms with E-state index < -0.39 is 0 Å². The molecule has 2 N–H and O–H groups in total. The molecule has 1 aromatic rings. The summed E-state index contributed by atoms with van der Waals surface area (Å²) in [5.41, 5.74) is 2.68. The van der Waals surface area contributed by atoms with Crippen molar-refractivity contribution < 1.29 is 19.7 Å². The van der Waals surface area contributed by atoms with Gasteiger partial charge in [-0.15, -0.1) is 0 Å². The molecule has 5 heteroatoms. The zero-order valence-corrected chi connectivity index (χ0v) is 14.9. The number of hydrogen-bond acceptors (Lipinski definition) is 4. The minimum absolute atomic E-state index is 0.0332. The van der Waals surface area contributed by atoms with E-state index in [1.807, 2.05) is 13.8 Å². The van der Waals surface area contributed by atoms with Gasteiger partial charge in [0.25, 0.3) is 0 Å². The highest BCUT2D eigenvalue weighted by Crippen LogP contribution is 2.59. The maximum absolute atomic E-state index is 12.4. The van der Waals surface area contributed by atoms with Crippen LogP contribution >= 0.6 is 0 Å². The number of aromatic nitrogens is 1. The van der Waals surface area contributed by atoms with Gasteiger partial charge >= 0.3 is 5.97 Å². The number of carbonyl (C=O) groups excluding carboxylic acids is 1. The number of ether oxygens (including phenoxy) is 1. The summed E-state index contributed by atoms with van der Waals surface area (Å²) in [6.45, 7) is 8.03. The number of hydrogen-bond donors (Lipinski definition) is 2. The van der Waals surface area contributed by atoms with Gasteiger partial charge in [0.15, 0.2) is 18.5 Å². The van der Waals surface area contributed by atoms with Gasteiger partial charge in [0.2, 0.25) is 0 Å². The van der Waals surface area contributed by atoms with E-state index in [4.69, 9.17) is 4.74 Å². The third-order valence-corrected chi connectivity index (χ3v) is 5.53. The summed E-state index contributed by atoms with van der Waals surface area (Å²) >= 11 is 0. The second kappa shape index (κ2) is 5.87. The van der Waals surface area contributed by atoms with Gasteiger partial charge < -0.3 is 14.9 Å². The molecular weight excluding hydrogens is 306 g/mol. The molecule has 1 heterocycles. The molecule has 1 fully saturated rings. The zero-order valence-electron chi connectivity index (χ0n) is 14.9. The van der Waals surface area contributed by atoms with E-state index in [1.165, 1.54) is 10.1 Å². The van der Waals surface area contributed by atoms with Crippen molar-refractivity contribution in [1.29, 1.82) is 0 Å². The molecular formula is C19H27NO4. The molecule has 0 amide bonds. The molecule has 2 unspecified atom stereocenters. The van der Waals surface area contributed by atoms with Gasteiger partial charge in [0.05, 0.1) is 5.92 Å². The van der Waals surface area contributed by atoms with E-state index in [0.717, 1.165) is 36.8 Å². The molecule has 0 saturated heterocycles. The van der Waals surface area contributed by atoms with Gasteiger partial charge in [-0.3, -0.25) is 4.79 Å². The van der Waals surface area contributed by atoms with Gasteiger partial charge in [-0.1, -0.05) is 25.5 Å². The Balaban J connectivity index is 1.70. The van der Waals surface area contributed by atoms with Crippen LogP contribution in [0.15, 0.2) is 11.6 Å². The first-order valence-electron chi connectivity index (χ1n) is 8.69. The van der Waals surface area contributed by atoms with Crippen molar-refractivity contribution in [1.82, 2.24) is 4.57 Å². The lowest BCUT2D eigenvalue weighted by molar-refractivity contribution is -0.150. The molecule has 2 aliphatic rings. The van der Waals surface area contributed by atoms with Crippen molar-refractivity contribution in [3.05, 3.63) is 22.8 Å². The van der Waals surface area contributed by atoms with E-state index >= 15 is 0 Å². The second-order valence-electron chi connectivity index (χ2n) is 7.90. The first-order valence-corrected chi connectivity index (χ1v) is 8.69. The Morgan fingerprint density at radius 3 is 2.25 bits per heavy atom. The molecule has 0 aliphatic heterocycles. The molecule has 0 spiro atoms. The number of carbonyl (C=O) groups is 1. The standard InChI is InChI=1S/C19H27NO4/c1-11(2)9-14-15(19(14,3)4)18(23)24-10-20-16(21)12-7-5-6-8-13(12)17(20)22/h9,14-15,21-22H,5-8,10H2,1-4H3. The van der Waals surface area contributed by atoms with Crippen molar-refractivity contribution in [2.24, 2.45) is 17.3 Å². The Kier molecular flexibility index (Phi) is 4.14. The topological polar surface area (TPSA) is 71.7 Å². The Morgan fingerprint density at radius 2 is 1.75 bits per heavy atom. The lowest BCUT2D eigenvalue weighted by Gasteiger charge is -2.09. The number of rotatable bonds is 4. The maximum Gasteiger partial charge on any atom is 0.311 e. The minimum atomic E-state index is -0.270. The van der Waals surface area contributed by atoms with Crippen molar-refractivity contribution in [3.63, 3.8) is 0 Å². The second-order valence-corrected chi connectivity index (χ2v) is 7.90. The van der Waals surface area contributed by atoms with Gasteiger partial charge in [0, 0.05) is 11.1 Å². The highest BCUT2D eigenvalue weighted by Gasteiger charge is 2.61. The average molecular weight is 333 g/mol. The van der Waals surface area contributed by atoms with Crippen LogP contribution in [0.5, 0.6) is 11.8 Å². The van der Waals surface area contributed by atoms with Crippen LogP contribution in [0.3, 0.4) is 0 Å². The maximum atomic E-state index is 12.4. The van der Waals surface area contributed by atoms with Crippen molar-refractivity contribution in [3.8, 4) is 11.8 Å². The molecule has 0 radical (unpaired) electrons. The lowest BCUT2D eigenvalue weighted by Crippen LogP contribution is -2.13. The van der Waals surface area contributed by atoms with Gasteiger partial charge in [-0.25, -0.2) is 4.57 Å². The van der Waals surface area contributed by atoms with E-state index in [1.54, 1.807) is 0 Å². The summed E-state index contributed by atoms with van der Waals surface area (Å²) in [4.78, 5) is 12.4. The van der Waals surface area contributed by atoms with Crippen molar-refractivity contribution >= 4 is 5.97 Å². The van der Waals surface area contributed by atoms with Gasteiger partial charge in [-0.2, -0.15) is 0 Å². The number of fused-ring (bicyclic) bond motifs is 1. The van der Waals surface area contributed by atoms with Crippen LogP contribution in [-0.4, -0.2) is 20.7 Å². The third-order valence-electron chi connectivity index (χ3n) is 5.53. The summed E-state index contributed by atoms with van der Waals surface area (Å²) in [5.74, 6) is -0.179. The van der Waals surface area contributed by atoms with Crippen LogP contribution < -0.4 is 0 Å². The minimum Gasteiger partial charge on any atom is -0.494 e. The highest BCUT2D eigenvalue weighted by atomic mass is 16.5. The van der Waals surface area contributed by atoms with Crippen LogP contribution in [0.4, 0.5) is 0 Å². The quantitative estimate of drug-likeness (QED) is 0.653. The molecule has 24 heavy (non-hydrogen) atoms. The average Bonchev–Trinajstić information content (AvgIpc) is 2.96. The smallest absolute Gasteiger partial charge is 0.311 e. The first-order chi connectivity index (χ1) is 11.2. The lowest BCUT2D eigenvalue weighted by atomic mass is 9.95. The van der Waals surface area contributed by atoms with Gasteiger partial charge in [-0.05, 0) is 50.9 Å². The number of nitrogens with zero attached hydrogens (tertiary/aromatic N) is 1. The van der Waals surface area contributed by atoms with E-state index in [9.17, 15) is 15.0 Å². The largest absolute Gasteiger partial charge is 0.494 e. The van der Waals surface area contributed by atoms with Crippen molar-refractivity contribution in [2.75, 3.05) is 0 Å². The van der Waals surface area contributed by atoms with Crippen LogP contribution in [-0.2, 0) is 29.1 Å². The molecule has 0 bridgehead atoms. The molecule has 1 aromatic heterocycles. The number of esters is 1. The summed E-state index contributed by atoms with van der Waals surface area (Å²) in [5, 5.41) is 20.6. The van der Waals surface area contributed by atoms with Crippen LogP contribution in [0.2, 0.25) is 0 Å². The molecule has 5 nitrogen and oxygen atoms in total. The number of allylic oxidation sites excluding steroid dienone is 2. The van der Waals surface area contributed by atoms with E-state index in [2.05, 4.69) is 19.9 Å². The molecule has 1 saturated carbocycles. The van der Waals surface area contributed by atoms with Crippen LogP contribution in [0, 0.1) is 17.3 Å². The Morgan fingerprint density at radius 1 is 1.21 bits per heavy atom. The molecule has 132 valence electrons. The van der Waals surface area contributed by atoms with Crippen molar-refractivity contribution in [2.45, 2.75) is 60.1 Å². The Bertz CT molecular complexity index is 665. The summed E-state index contributed by atoms with van der Waals surface area (Å²) < 4.78 is 6.72. The number of aromatic hydroxyl groups is 2.